The van der Waals surface area contributed by atoms with Gasteiger partial charge in [-0.3, -0.25) is 25.0 Å². The summed E-state index contributed by atoms with van der Waals surface area (Å²) >= 11 is 11.6. The van der Waals surface area contributed by atoms with E-state index in [0.29, 0.717) is 25.9 Å². The Labute approximate surface area is 200 Å². The summed E-state index contributed by atoms with van der Waals surface area (Å²) in [5.74, 6) is -1.05. The van der Waals surface area contributed by atoms with Crippen molar-refractivity contribution in [3.05, 3.63) is 61.5 Å². The van der Waals surface area contributed by atoms with Crippen molar-refractivity contribution in [1.82, 2.24) is 10.6 Å². The number of hydrogen-bond acceptors (Lipinski definition) is 5. The van der Waals surface area contributed by atoms with E-state index < -0.39 is 11.8 Å². The Morgan fingerprint density at radius 3 is 2.26 bits per heavy atom. The van der Waals surface area contributed by atoms with Gasteiger partial charge < -0.3 is 10.1 Å². The van der Waals surface area contributed by atoms with Gasteiger partial charge in [-0.25, -0.2) is 0 Å². The smallest absolute Gasteiger partial charge is 0.263 e. The van der Waals surface area contributed by atoms with Gasteiger partial charge in [0, 0.05) is 5.69 Å². The van der Waals surface area contributed by atoms with Gasteiger partial charge in [0.05, 0.1) is 8.95 Å². The number of ether oxygens (including phenoxy) is 1. The lowest BCUT2D eigenvalue weighted by Crippen LogP contribution is -2.51. The molecule has 1 saturated heterocycles. The van der Waals surface area contributed by atoms with E-state index in [2.05, 4.69) is 47.8 Å². The van der Waals surface area contributed by atoms with Crippen molar-refractivity contribution in [2.75, 3.05) is 11.9 Å². The number of halogens is 2. The van der Waals surface area contributed by atoms with Crippen molar-refractivity contribution in [2.45, 2.75) is 13.8 Å². The van der Waals surface area contributed by atoms with E-state index in [9.17, 15) is 14.4 Å². The second kappa shape index (κ2) is 9.71. The molecule has 0 atom stereocenters. The topological polar surface area (TPSA) is 96.5 Å². The van der Waals surface area contributed by atoms with Crippen LogP contribution in [0.3, 0.4) is 0 Å². The molecule has 10 heteroatoms. The summed E-state index contributed by atoms with van der Waals surface area (Å²) in [4.78, 5) is 36.3. The van der Waals surface area contributed by atoms with Gasteiger partial charge in [0.25, 0.3) is 17.7 Å². The molecule has 160 valence electrons. The lowest BCUT2D eigenvalue weighted by molar-refractivity contribution is -0.123. The lowest BCUT2D eigenvalue weighted by atomic mass is 10.1. The maximum Gasteiger partial charge on any atom is 0.263 e. The highest BCUT2D eigenvalue weighted by atomic mass is 79.9. The molecule has 0 saturated carbocycles. The van der Waals surface area contributed by atoms with E-state index >= 15 is 0 Å². The monoisotopic (exact) mass is 565 g/mol. The highest BCUT2D eigenvalue weighted by molar-refractivity contribution is 9.11. The van der Waals surface area contributed by atoms with Gasteiger partial charge in [0.2, 0.25) is 0 Å². The largest absolute Gasteiger partial charge is 0.481 e. The number of anilines is 1. The highest BCUT2D eigenvalue weighted by Gasteiger charge is 2.25. The van der Waals surface area contributed by atoms with Crippen molar-refractivity contribution in [2.24, 2.45) is 0 Å². The van der Waals surface area contributed by atoms with E-state index in [-0.39, 0.29) is 23.2 Å². The minimum absolute atomic E-state index is 0.0302. The fourth-order valence-corrected chi connectivity index (χ4v) is 4.36. The van der Waals surface area contributed by atoms with Gasteiger partial charge in [-0.15, -0.1) is 0 Å². The Hall–Kier alpha value is -2.56. The van der Waals surface area contributed by atoms with Crippen LogP contribution in [0.2, 0.25) is 0 Å². The van der Waals surface area contributed by atoms with Gasteiger partial charge in [-0.1, -0.05) is 6.07 Å². The molecular formula is C21H17Br2N3O4S. The van der Waals surface area contributed by atoms with Crippen LogP contribution in [-0.2, 0) is 14.4 Å². The first-order valence-corrected chi connectivity index (χ1v) is 11.0. The lowest BCUT2D eigenvalue weighted by Gasteiger charge is -2.16. The van der Waals surface area contributed by atoms with Crippen molar-refractivity contribution >= 4 is 78.7 Å². The second-order valence-electron chi connectivity index (χ2n) is 6.74. The molecule has 3 amide bonds. The molecule has 0 aliphatic carbocycles. The van der Waals surface area contributed by atoms with E-state index in [0.717, 1.165) is 11.1 Å². The van der Waals surface area contributed by atoms with Crippen LogP contribution in [0.25, 0.3) is 6.08 Å². The maximum atomic E-state index is 12.3. The van der Waals surface area contributed by atoms with E-state index in [1.54, 1.807) is 12.1 Å². The van der Waals surface area contributed by atoms with Crippen LogP contribution in [-0.4, -0.2) is 29.4 Å². The van der Waals surface area contributed by atoms with E-state index in [4.69, 9.17) is 17.0 Å². The summed E-state index contributed by atoms with van der Waals surface area (Å²) in [5.41, 5.74) is 3.41. The van der Waals surface area contributed by atoms with E-state index in [1.165, 1.54) is 6.08 Å². The fraction of sp³-hybridized carbons (Fsp3) is 0.143. The molecule has 7 nitrogen and oxygen atoms in total. The molecule has 2 aromatic rings. The number of carbonyl (C=O) groups excluding carboxylic acids is 3. The number of nitrogens with one attached hydrogen (secondary N) is 3. The summed E-state index contributed by atoms with van der Waals surface area (Å²) in [6.07, 6.45) is 1.43. The summed E-state index contributed by atoms with van der Waals surface area (Å²) in [5, 5.41) is 7.52. The van der Waals surface area contributed by atoms with Gasteiger partial charge in [-0.05, 0) is 105 Å². The van der Waals surface area contributed by atoms with Crippen LogP contribution in [0, 0.1) is 13.8 Å². The first kappa shape index (κ1) is 23.1. The summed E-state index contributed by atoms with van der Waals surface area (Å²) in [6.45, 7) is 3.77. The van der Waals surface area contributed by atoms with Crippen LogP contribution in [0.15, 0.2) is 44.9 Å². The van der Waals surface area contributed by atoms with Gasteiger partial charge in [0.1, 0.15) is 11.3 Å². The number of hydrogen-bond donors (Lipinski definition) is 3. The van der Waals surface area contributed by atoms with E-state index in [1.807, 2.05) is 32.0 Å². The van der Waals surface area contributed by atoms with Gasteiger partial charge in [0.15, 0.2) is 11.7 Å². The molecule has 1 fully saturated rings. The molecule has 1 heterocycles. The Morgan fingerprint density at radius 1 is 1.06 bits per heavy atom. The third-order valence-electron chi connectivity index (χ3n) is 4.41. The van der Waals surface area contributed by atoms with Gasteiger partial charge >= 0.3 is 0 Å². The standard InChI is InChI=1S/C21H17Br2N3O4S/c1-10-3-4-13(5-11(10)2)24-17(27)9-30-18-15(22)7-12(8-16(18)23)6-14-19(28)25-21(31)26-20(14)29/h3-8H,9H2,1-2H3,(H,24,27)(H2,25,26,28,29,31). The van der Waals surface area contributed by atoms with Crippen LogP contribution in [0.1, 0.15) is 16.7 Å². The quantitative estimate of drug-likeness (QED) is 0.291. The minimum atomic E-state index is -0.579. The molecular weight excluding hydrogens is 550 g/mol. The van der Waals surface area contributed by atoms with Crippen molar-refractivity contribution in [1.29, 1.82) is 0 Å². The van der Waals surface area contributed by atoms with Crippen LogP contribution < -0.4 is 20.7 Å². The molecule has 0 spiro atoms. The molecule has 0 unspecified atom stereocenters. The number of amides is 3. The molecule has 3 N–H and O–H groups in total. The molecule has 0 aromatic heterocycles. The molecule has 31 heavy (non-hydrogen) atoms. The second-order valence-corrected chi connectivity index (χ2v) is 8.86. The molecule has 3 rings (SSSR count). The summed E-state index contributed by atoms with van der Waals surface area (Å²) in [6, 6.07) is 9.00. The Morgan fingerprint density at radius 2 is 1.68 bits per heavy atom. The van der Waals surface area contributed by atoms with Crippen LogP contribution >= 0.6 is 44.1 Å². The molecule has 1 aliphatic rings. The van der Waals surface area contributed by atoms with Crippen molar-refractivity contribution in [3.63, 3.8) is 0 Å². The number of carbonyl (C=O) groups is 3. The minimum Gasteiger partial charge on any atom is -0.481 e. The summed E-state index contributed by atoms with van der Waals surface area (Å²) in [7, 11) is 0. The SMILES string of the molecule is Cc1ccc(NC(=O)COc2c(Br)cc(C=C3C(=O)NC(=S)NC3=O)cc2Br)cc1C. The first-order chi connectivity index (χ1) is 14.6. The predicted molar refractivity (Wildman–Crippen MR) is 129 cm³/mol. The average Bonchev–Trinajstić information content (AvgIpc) is 2.67. The fourth-order valence-electron chi connectivity index (χ4n) is 2.73. The predicted octanol–water partition coefficient (Wildman–Crippen LogP) is 3.76. The van der Waals surface area contributed by atoms with Crippen LogP contribution in [0.5, 0.6) is 5.75 Å². The maximum absolute atomic E-state index is 12.3. The zero-order valence-corrected chi connectivity index (χ0v) is 20.5. The first-order valence-electron chi connectivity index (χ1n) is 9.01. The number of thiocarbonyl (C=S) groups is 1. The number of benzene rings is 2. The Balaban J connectivity index is 1.70. The Kier molecular flexibility index (Phi) is 7.24. The molecule has 1 aliphatic heterocycles. The van der Waals surface area contributed by atoms with Gasteiger partial charge in [-0.2, -0.15) is 0 Å². The molecule has 0 radical (unpaired) electrons. The number of aryl methyl sites for hydroxylation is 2. The zero-order chi connectivity index (χ0) is 22.7. The van der Waals surface area contributed by atoms with Crippen molar-refractivity contribution < 1.29 is 19.1 Å². The Bertz CT molecular complexity index is 1100. The zero-order valence-electron chi connectivity index (χ0n) is 16.5. The highest BCUT2D eigenvalue weighted by Crippen LogP contribution is 2.35. The van der Waals surface area contributed by atoms with Crippen molar-refractivity contribution in [3.8, 4) is 5.75 Å². The number of rotatable bonds is 5. The summed E-state index contributed by atoms with van der Waals surface area (Å²) < 4.78 is 6.74. The third-order valence-corrected chi connectivity index (χ3v) is 5.80. The average molecular weight is 567 g/mol. The third kappa shape index (κ3) is 5.78. The normalized spacial score (nSPS) is 13.4. The van der Waals surface area contributed by atoms with Crippen LogP contribution in [0.4, 0.5) is 5.69 Å². The molecule has 2 aromatic carbocycles. The molecule has 0 bridgehead atoms.